The van der Waals surface area contributed by atoms with Crippen molar-refractivity contribution in [3.05, 3.63) is 34.9 Å². The van der Waals surface area contributed by atoms with Crippen molar-refractivity contribution in [1.29, 1.82) is 0 Å². The van der Waals surface area contributed by atoms with Crippen molar-refractivity contribution in [3.63, 3.8) is 0 Å². The first kappa shape index (κ1) is 8.97. The van der Waals surface area contributed by atoms with E-state index in [1.54, 1.807) is 11.8 Å². The molecule has 0 unspecified atom stereocenters. The Morgan fingerprint density at radius 3 is 2.92 bits per heavy atom. The summed E-state index contributed by atoms with van der Waals surface area (Å²) >= 11 is 1.60. The fourth-order valence-corrected chi connectivity index (χ4v) is 2.55. The third-order valence-corrected chi connectivity index (χ3v) is 3.22. The molecule has 0 spiro atoms. The van der Waals surface area contributed by atoms with Crippen LogP contribution in [-0.2, 0) is 5.75 Å². The smallest absolute Gasteiger partial charge is 0.131 e. The average molecular weight is 201 g/mol. The topological polar surface area (TPSA) is 26.0 Å². The Hall–Kier alpha value is -0.610. The molecule has 0 fully saturated rings. The number of thioether (sulfide) groups is 1. The molecule has 13 heavy (non-hydrogen) atoms. The molecule has 1 aromatic rings. The van der Waals surface area contributed by atoms with Gasteiger partial charge in [-0.05, 0) is 11.6 Å². The molecule has 0 radical (unpaired) electrons. The van der Waals surface area contributed by atoms with Gasteiger partial charge in [-0.25, -0.2) is 8.78 Å². The van der Waals surface area contributed by atoms with E-state index >= 15 is 0 Å². The van der Waals surface area contributed by atoms with Crippen molar-refractivity contribution in [1.82, 2.24) is 0 Å². The molecule has 1 heterocycles. The molecule has 4 heteroatoms. The van der Waals surface area contributed by atoms with E-state index in [9.17, 15) is 8.78 Å². The maximum absolute atomic E-state index is 13.3. The number of halogens is 2. The number of fused-ring (bicyclic) bond motifs is 1. The molecule has 0 saturated carbocycles. The van der Waals surface area contributed by atoms with Gasteiger partial charge >= 0.3 is 0 Å². The van der Waals surface area contributed by atoms with Crippen LogP contribution < -0.4 is 5.73 Å². The lowest BCUT2D eigenvalue weighted by atomic mass is 10.0. The fourth-order valence-electron chi connectivity index (χ4n) is 1.55. The van der Waals surface area contributed by atoms with Gasteiger partial charge < -0.3 is 5.73 Å². The van der Waals surface area contributed by atoms with E-state index in [2.05, 4.69) is 0 Å². The highest BCUT2D eigenvalue weighted by atomic mass is 32.2. The SMILES string of the molecule is N[C@H]1CSCc2cc(F)cc(F)c21. The van der Waals surface area contributed by atoms with Crippen LogP contribution in [0.25, 0.3) is 0 Å². The summed E-state index contributed by atoms with van der Waals surface area (Å²) in [6, 6.07) is 1.97. The van der Waals surface area contributed by atoms with Crippen LogP contribution in [0.1, 0.15) is 17.2 Å². The molecule has 2 N–H and O–H groups in total. The summed E-state index contributed by atoms with van der Waals surface area (Å²) in [7, 11) is 0. The zero-order valence-electron chi connectivity index (χ0n) is 6.89. The van der Waals surface area contributed by atoms with Gasteiger partial charge in [0.05, 0.1) is 0 Å². The first-order valence-electron chi connectivity index (χ1n) is 3.99. The van der Waals surface area contributed by atoms with Crippen LogP contribution in [0, 0.1) is 11.6 Å². The summed E-state index contributed by atoms with van der Waals surface area (Å²) in [4.78, 5) is 0. The standard InChI is InChI=1S/C9H9F2NS/c10-6-1-5-3-13-4-8(12)9(5)7(11)2-6/h1-2,8H,3-4,12H2/t8-/m0/s1. The van der Waals surface area contributed by atoms with Crippen LogP contribution in [0.3, 0.4) is 0 Å². The van der Waals surface area contributed by atoms with Crippen LogP contribution in [0.2, 0.25) is 0 Å². The number of hydrogen-bond donors (Lipinski definition) is 1. The molecule has 0 amide bonds. The van der Waals surface area contributed by atoms with Crippen molar-refractivity contribution < 1.29 is 8.78 Å². The van der Waals surface area contributed by atoms with Crippen LogP contribution in [0.15, 0.2) is 12.1 Å². The van der Waals surface area contributed by atoms with Crippen molar-refractivity contribution >= 4 is 11.8 Å². The van der Waals surface area contributed by atoms with Gasteiger partial charge in [0.25, 0.3) is 0 Å². The minimum absolute atomic E-state index is 0.297. The van der Waals surface area contributed by atoms with Crippen molar-refractivity contribution in [2.45, 2.75) is 11.8 Å². The summed E-state index contributed by atoms with van der Waals surface area (Å²) in [6.07, 6.45) is 0. The Balaban J connectivity index is 2.56. The average Bonchev–Trinajstić information content (AvgIpc) is 2.02. The molecule has 1 nitrogen and oxygen atoms in total. The third-order valence-electron chi connectivity index (χ3n) is 2.11. The van der Waals surface area contributed by atoms with Gasteiger partial charge in [-0.1, -0.05) is 0 Å². The van der Waals surface area contributed by atoms with E-state index in [1.165, 1.54) is 6.07 Å². The minimum Gasteiger partial charge on any atom is -0.323 e. The van der Waals surface area contributed by atoms with Gasteiger partial charge in [0.15, 0.2) is 0 Å². The molecular formula is C9H9F2NS. The van der Waals surface area contributed by atoms with Crippen molar-refractivity contribution in [3.8, 4) is 0 Å². The van der Waals surface area contributed by atoms with Crippen LogP contribution in [0.5, 0.6) is 0 Å². The molecule has 1 aliphatic rings. The summed E-state index contributed by atoms with van der Waals surface area (Å²) in [6.45, 7) is 0. The minimum atomic E-state index is -0.522. The highest BCUT2D eigenvalue weighted by Gasteiger charge is 2.21. The van der Waals surface area contributed by atoms with Gasteiger partial charge in [-0.15, -0.1) is 0 Å². The van der Waals surface area contributed by atoms with Gasteiger partial charge in [-0.2, -0.15) is 11.8 Å². The number of benzene rings is 1. The Morgan fingerprint density at radius 1 is 1.38 bits per heavy atom. The molecule has 0 bridgehead atoms. The maximum atomic E-state index is 13.3. The Bertz CT molecular complexity index is 341. The molecule has 0 aliphatic carbocycles. The molecule has 0 saturated heterocycles. The highest BCUT2D eigenvalue weighted by molar-refractivity contribution is 7.98. The first-order valence-corrected chi connectivity index (χ1v) is 5.15. The first-order chi connectivity index (χ1) is 6.18. The monoisotopic (exact) mass is 201 g/mol. The van der Waals surface area contributed by atoms with Gasteiger partial charge in [0, 0.05) is 29.2 Å². The molecule has 70 valence electrons. The molecule has 0 aromatic heterocycles. The summed E-state index contributed by atoms with van der Waals surface area (Å²) < 4.78 is 26.0. The number of rotatable bonds is 0. The van der Waals surface area contributed by atoms with E-state index in [-0.39, 0.29) is 6.04 Å². The van der Waals surface area contributed by atoms with E-state index in [1.807, 2.05) is 0 Å². The summed E-state index contributed by atoms with van der Waals surface area (Å²) in [5.74, 6) is 0.321. The van der Waals surface area contributed by atoms with Crippen LogP contribution in [-0.4, -0.2) is 5.75 Å². The van der Waals surface area contributed by atoms with E-state index in [4.69, 9.17) is 5.73 Å². The Kier molecular flexibility index (Phi) is 2.26. The number of hydrogen-bond acceptors (Lipinski definition) is 2. The van der Waals surface area contributed by atoms with Crippen molar-refractivity contribution in [2.24, 2.45) is 5.73 Å². The molecular weight excluding hydrogens is 192 g/mol. The summed E-state index contributed by atoms with van der Waals surface area (Å²) in [5.41, 5.74) is 6.90. The zero-order chi connectivity index (χ0) is 9.42. The fraction of sp³-hybridized carbons (Fsp3) is 0.333. The van der Waals surface area contributed by atoms with Crippen LogP contribution >= 0.6 is 11.8 Å². The lowest BCUT2D eigenvalue weighted by molar-refractivity contribution is 0.558. The third kappa shape index (κ3) is 1.56. The lowest BCUT2D eigenvalue weighted by Crippen LogP contribution is -2.20. The highest BCUT2D eigenvalue weighted by Crippen LogP contribution is 2.32. The molecule has 2 rings (SSSR count). The second-order valence-corrected chi connectivity index (χ2v) is 4.11. The largest absolute Gasteiger partial charge is 0.323 e. The Morgan fingerprint density at radius 2 is 2.15 bits per heavy atom. The number of nitrogens with two attached hydrogens (primary N) is 1. The summed E-state index contributed by atoms with van der Waals surface area (Å²) in [5, 5.41) is 0. The quantitative estimate of drug-likeness (QED) is 0.696. The van der Waals surface area contributed by atoms with Gasteiger partial charge in [-0.3, -0.25) is 0 Å². The van der Waals surface area contributed by atoms with Gasteiger partial charge in [0.1, 0.15) is 11.6 Å². The molecule has 1 aliphatic heterocycles. The maximum Gasteiger partial charge on any atom is 0.131 e. The van der Waals surface area contributed by atoms with E-state index in [0.717, 1.165) is 6.07 Å². The van der Waals surface area contributed by atoms with Crippen LogP contribution in [0.4, 0.5) is 8.78 Å². The molecule has 1 aromatic carbocycles. The van der Waals surface area contributed by atoms with E-state index < -0.39 is 11.6 Å². The normalized spacial score (nSPS) is 21.3. The van der Waals surface area contributed by atoms with Crippen molar-refractivity contribution in [2.75, 3.05) is 5.75 Å². The Labute approximate surface area is 79.3 Å². The second kappa shape index (κ2) is 3.27. The van der Waals surface area contributed by atoms with E-state index in [0.29, 0.717) is 22.6 Å². The molecule has 1 atom stereocenters. The lowest BCUT2D eigenvalue weighted by Gasteiger charge is -2.22. The van der Waals surface area contributed by atoms with Gasteiger partial charge in [0.2, 0.25) is 0 Å². The predicted molar refractivity (Wildman–Crippen MR) is 49.4 cm³/mol. The zero-order valence-corrected chi connectivity index (χ0v) is 7.70. The second-order valence-electron chi connectivity index (χ2n) is 3.08. The predicted octanol–water partition coefficient (Wildman–Crippen LogP) is 2.21.